The quantitative estimate of drug-likeness (QED) is 0.829. The molecule has 98 valence electrons. The average Bonchev–Trinajstić information content (AvgIpc) is 2.86. The van der Waals surface area contributed by atoms with E-state index in [9.17, 15) is 0 Å². The monoisotopic (exact) mass is 250 g/mol. The second-order valence-corrected chi connectivity index (χ2v) is 5.41. The Morgan fingerprint density at radius 1 is 1.11 bits per heavy atom. The molecule has 0 aliphatic heterocycles. The Morgan fingerprint density at radius 3 is 2.33 bits per heavy atom. The third kappa shape index (κ3) is 2.57. The van der Waals surface area contributed by atoms with Crippen molar-refractivity contribution >= 4 is 0 Å². The molecule has 2 rings (SSSR count). The first kappa shape index (κ1) is 12.7. The summed E-state index contributed by atoms with van der Waals surface area (Å²) in [6.45, 7) is 9.88. The molecule has 2 heterocycles. The summed E-state index contributed by atoms with van der Waals surface area (Å²) in [5.41, 5.74) is -0.317. The third-order valence-corrected chi connectivity index (χ3v) is 2.70. The van der Waals surface area contributed by atoms with Crippen molar-refractivity contribution in [3.05, 3.63) is 23.4 Å². The Hall–Kier alpha value is -1.72. The van der Waals surface area contributed by atoms with Crippen LogP contribution >= 0.6 is 0 Å². The molecule has 18 heavy (non-hydrogen) atoms. The molecule has 0 aromatic carbocycles. The van der Waals surface area contributed by atoms with Gasteiger partial charge in [0.2, 0.25) is 11.8 Å². The number of rotatable bonds is 4. The minimum atomic E-state index is -0.317. The fourth-order valence-electron chi connectivity index (χ4n) is 1.60. The molecule has 0 unspecified atom stereocenters. The van der Waals surface area contributed by atoms with Crippen LogP contribution in [0.2, 0.25) is 0 Å². The molecule has 0 saturated heterocycles. The van der Waals surface area contributed by atoms with Gasteiger partial charge in [0.25, 0.3) is 0 Å². The molecule has 0 atom stereocenters. The van der Waals surface area contributed by atoms with Crippen LogP contribution < -0.4 is 0 Å². The predicted molar refractivity (Wildman–Crippen MR) is 64.2 cm³/mol. The lowest BCUT2D eigenvalue weighted by Crippen LogP contribution is -2.21. The summed E-state index contributed by atoms with van der Waals surface area (Å²) in [7, 11) is 0. The molecular weight excluding hydrogens is 232 g/mol. The highest BCUT2D eigenvalue weighted by atomic mass is 16.5. The van der Waals surface area contributed by atoms with Crippen LogP contribution in [0.4, 0.5) is 0 Å². The highest BCUT2D eigenvalue weighted by Gasteiger charge is 2.30. The molecule has 0 amide bonds. The van der Waals surface area contributed by atoms with Gasteiger partial charge in [-0.1, -0.05) is 38.0 Å². The van der Waals surface area contributed by atoms with Crippen LogP contribution in [0.1, 0.15) is 57.0 Å². The van der Waals surface area contributed by atoms with Crippen LogP contribution in [0.5, 0.6) is 0 Å². The van der Waals surface area contributed by atoms with Crippen LogP contribution in [-0.4, -0.2) is 20.3 Å². The van der Waals surface area contributed by atoms with Crippen LogP contribution in [-0.2, 0) is 11.8 Å². The van der Waals surface area contributed by atoms with E-state index in [1.807, 2.05) is 27.7 Å². The Bertz CT molecular complexity index is 528. The number of nitrogens with zero attached hydrogens (tertiary/aromatic N) is 4. The Labute approximate surface area is 106 Å². The molecule has 6 nitrogen and oxygen atoms in total. The van der Waals surface area contributed by atoms with Gasteiger partial charge in [-0.2, -0.15) is 9.97 Å². The van der Waals surface area contributed by atoms with E-state index in [2.05, 4.69) is 20.3 Å². The lowest BCUT2D eigenvalue weighted by atomic mass is 9.89. The van der Waals surface area contributed by atoms with Crippen LogP contribution in [0.3, 0.4) is 0 Å². The maximum atomic E-state index is 5.24. The predicted octanol–water partition coefficient (Wildman–Crippen LogP) is 2.40. The van der Waals surface area contributed by atoms with Gasteiger partial charge in [-0.15, -0.1) is 0 Å². The summed E-state index contributed by atoms with van der Waals surface area (Å²) in [5.74, 6) is 2.80. The van der Waals surface area contributed by atoms with Crippen LogP contribution in [0.15, 0.2) is 9.05 Å². The molecule has 6 heteroatoms. The van der Waals surface area contributed by atoms with E-state index < -0.39 is 0 Å². The zero-order chi connectivity index (χ0) is 13.3. The van der Waals surface area contributed by atoms with E-state index in [0.717, 1.165) is 5.82 Å². The van der Waals surface area contributed by atoms with Crippen molar-refractivity contribution in [3.8, 4) is 0 Å². The van der Waals surface area contributed by atoms with Gasteiger partial charge in [-0.3, -0.25) is 0 Å². The van der Waals surface area contributed by atoms with Gasteiger partial charge < -0.3 is 9.05 Å². The van der Waals surface area contributed by atoms with Crippen LogP contribution in [0, 0.1) is 6.92 Å². The Balaban J connectivity index is 2.16. The standard InChI is InChI=1S/C12H18N4O2/c1-7(2)10-14-9(17-16-10)6-12(4,5)11-13-8(3)15-18-11/h7H,6H2,1-5H3. The molecule has 0 aliphatic rings. The van der Waals surface area contributed by atoms with Crippen molar-refractivity contribution in [3.63, 3.8) is 0 Å². The van der Waals surface area contributed by atoms with Crippen molar-refractivity contribution in [2.24, 2.45) is 0 Å². The van der Waals surface area contributed by atoms with E-state index >= 15 is 0 Å². The minimum absolute atomic E-state index is 0.260. The van der Waals surface area contributed by atoms with Gasteiger partial charge in [0.1, 0.15) is 0 Å². The van der Waals surface area contributed by atoms with Crippen LogP contribution in [0.25, 0.3) is 0 Å². The highest BCUT2D eigenvalue weighted by Crippen LogP contribution is 2.26. The molecular formula is C12H18N4O2. The van der Waals surface area contributed by atoms with Gasteiger partial charge in [-0.25, -0.2) is 0 Å². The van der Waals surface area contributed by atoms with Crippen molar-refractivity contribution in [1.29, 1.82) is 0 Å². The second-order valence-electron chi connectivity index (χ2n) is 5.41. The summed E-state index contributed by atoms with van der Waals surface area (Å²) in [5, 5.41) is 7.75. The fourth-order valence-corrected chi connectivity index (χ4v) is 1.60. The topological polar surface area (TPSA) is 77.8 Å². The zero-order valence-corrected chi connectivity index (χ0v) is 11.4. The lowest BCUT2D eigenvalue weighted by Gasteiger charge is -2.16. The summed E-state index contributed by atoms with van der Waals surface area (Å²) in [6, 6.07) is 0. The molecule has 0 radical (unpaired) electrons. The van der Waals surface area contributed by atoms with Gasteiger partial charge in [0.15, 0.2) is 11.6 Å². The summed E-state index contributed by atoms with van der Waals surface area (Å²) < 4.78 is 10.4. The lowest BCUT2D eigenvalue weighted by molar-refractivity contribution is 0.279. The number of aryl methyl sites for hydroxylation is 1. The molecule has 0 N–H and O–H groups in total. The highest BCUT2D eigenvalue weighted by molar-refractivity contribution is 5.05. The number of aromatic nitrogens is 4. The Kier molecular flexibility index (Phi) is 3.19. The third-order valence-electron chi connectivity index (χ3n) is 2.70. The van der Waals surface area contributed by atoms with E-state index in [-0.39, 0.29) is 11.3 Å². The Morgan fingerprint density at radius 2 is 1.83 bits per heavy atom. The van der Waals surface area contributed by atoms with Crippen molar-refractivity contribution < 1.29 is 9.05 Å². The van der Waals surface area contributed by atoms with Gasteiger partial charge >= 0.3 is 0 Å². The molecule has 2 aromatic rings. The first-order valence-electron chi connectivity index (χ1n) is 6.02. The number of hydrogen-bond acceptors (Lipinski definition) is 6. The summed E-state index contributed by atoms with van der Waals surface area (Å²) in [4.78, 5) is 8.61. The SMILES string of the molecule is Cc1noc(C(C)(C)Cc2nc(C(C)C)no2)n1. The smallest absolute Gasteiger partial charge is 0.232 e. The summed E-state index contributed by atoms with van der Waals surface area (Å²) in [6.07, 6.45) is 0.578. The van der Waals surface area contributed by atoms with Gasteiger partial charge in [0.05, 0.1) is 5.41 Å². The molecule has 0 aliphatic carbocycles. The van der Waals surface area contributed by atoms with E-state index in [4.69, 9.17) is 9.05 Å². The minimum Gasteiger partial charge on any atom is -0.339 e. The molecule has 0 bridgehead atoms. The van der Waals surface area contributed by atoms with Gasteiger partial charge in [0, 0.05) is 12.3 Å². The van der Waals surface area contributed by atoms with Gasteiger partial charge in [-0.05, 0) is 6.92 Å². The normalized spacial score (nSPS) is 12.3. The molecule has 0 saturated carbocycles. The van der Waals surface area contributed by atoms with E-state index in [1.165, 1.54) is 0 Å². The van der Waals surface area contributed by atoms with Crippen molar-refractivity contribution in [2.45, 2.75) is 52.4 Å². The maximum absolute atomic E-state index is 5.24. The first-order chi connectivity index (χ1) is 8.38. The first-order valence-corrected chi connectivity index (χ1v) is 6.02. The molecule has 0 spiro atoms. The largest absolute Gasteiger partial charge is 0.339 e. The fraction of sp³-hybridized carbons (Fsp3) is 0.667. The maximum Gasteiger partial charge on any atom is 0.232 e. The number of hydrogen-bond donors (Lipinski definition) is 0. The second kappa shape index (κ2) is 4.51. The van der Waals surface area contributed by atoms with Crippen molar-refractivity contribution in [1.82, 2.24) is 20.3 Å². The summed E-state index contributed by atoms with van der Waals surface area (Å²) >= 11 is 0. The molecule has 0 fully saturated rings. The van der Waals surface area contributed by atoms with E-state index in [0.29, 0.717) is 24.0 Å². The zero-order valence-electron chi connectivity index (χ0n) is 11.4. The average molecular weight is 250 g/mol. The molecule has 2 aromatic heterocycles. The van der Waals surface area contributed by atoms with Crippen molar-refractivity contribution in [2.75, 3.05) is 0 Å². The van der Waals surface area contributed by atoms with E-state index in [1.54, 1.807) is 6.92 Å².